The van der Waals surface area contributed by atoms with Gasteiger partial charge in [0.15, 0.2) is 18.9 Å². The molecule has 0 fully saturated rings. The molecule has 0 rings (SSSR count). The van der Waals surface area contributed by atoms with Gasteiger partial charge in [0, 0.05) is 6.92 Å². The molecule has 0 atom stereocenters. The fourth-order valence-electron chi connectivity index (χ4n) is 2.12. The van der Waals surface area contributed by atoms with Gasteiger partial charge >= 0.3 is 23.3 Å². The molecular weight excluding hydrogens is 587 g/mol. The van der Waals surface area contributed by atoms with Crippen LogP contribution in [-0.4, -0.2) is 103 Å². The van der Waals surface area contributed by atoms with Gasteiger partial charge in [-0.15, -0.1) is 0 Å². The zero-order chi connectivity index (χ0) is 34.2. The molecule has 0 unspecified atom stereocenters. The molecule has 0 radical (unpaired) electrons. The predicted octanol–water partition coefficient (Wildman–Crippen LogP) is -0.0742. The molecule has 43 heavy (non-hydrogen) atoms. The summed E-state index contributed by atoms with van der Waals surface area (Å²) in [4.78, 5) is 41.0. The van der Waals surface area contributed by atoms with E-state index in [-0.39, 0.29) is 60.0 Å². The van der Waals surface area contributed by atoms with Gasteiger partial charge in [0.2, 0.25) is 0 Å². The van der Waals surface area contributed by atoms with Gasteiger partial charge in [-0.2, -0.15) is 0 Å². The molecule has 0 aromatic heterocycles. The monoisotopic (exact) mass is 640 g/mol. The Bertz CT molecular complexity index is 601. The van der Waals surface area contributed by atoms with Crippen LogP contribution in [0, 0.1) is 0 Å². The summed E-state index contributed by atoms with van der Waals surface area (Å²) in [7, 11) is 0. The van der Waals surface area contributed by atoms with Crippen LogP contribution < -0.4 is 15.3 Å². The maximum Gasteiger partial charge on any atom is 3.00 e. The summed E-state index contributed by atoms with van der Waals surface area (Å²) in [6.07, 6.45) is -4.91. The van der Waals surface area contributed by atoms with Crippen LogP contribution in [0.15, 0.2) is 0 Å². The Morgan fingerprint density at radius 1 is 0.465 bits per heavy atom. The van der Waals surface area contributed by atoms with Crippen LogP contribution >= 0.6 is 0 Å². The Labute approximate surface area is 267 Å². The molecule has 0 saturated heterocycles. The van der Waals surface area contributed by atoms with Gasteiger partial charge in [-0.25, -0.2) is 0 Å². The van der Waals surface area contributed by atoms with Crippen LogP contribution in [-0.2, 0) is 52.3 Å². The SMILES string of the molecule is CC(C)OC(OC(C)C)C(=O)[O-].CC(C)OC(OC(C)C)C(=O)[O-].CC(C)OC(OC(C)C)C(=O)[O-].CCOC(C)=O.[Al+3]. The molecule has 0 aromatic carbocycles. The third kappa shape index (κ3) is 42.4. The van der Waals surface area contributed by atoms with E-state index in [1.54, 1.807) is 90.0 Å². The maximum atomic E-state index is 10.4. The van der Waals surface area contributed by atoms with E-state index in [9.17, 15) is 34.5 Å². The summed E-state index contributed by atoms with van der Waals surface area (Å²) < 4.78 is 34.0. The Morgan fingerprint density at radius 3 is 0.674 bits per heavy atom. The first kappa shape index (κ1) is 50.8. The minimum atomic E-state index is -1.34. The molecule has 0 heterocycles. The van der Waals surface area contributed by atoms with E-state index in [1.165, 1.54) is 6.92 Å². The number of aliphatic carboxylic acids is 3. The number of ether oxygens (including phenoxy) is 7. The Morgan fingerprint density at radius 2 is 0.628 bits per heavy atom. The molecule has 14 nitrogen and oxygen atoms in total. The van der Waals surface area contributed by atoms with Gasteiger partial charge in [0.25, 0.3) is 0 Å². The number of esters is 1. The Balaban J connectivity index is -0.000000152. The zero-order valence-corrected chi connectivity index (χ0v) is 29.4. The normalized spacial score (nSPS) is 10.8. The Kier molecular flexibility index (Phi) is 35.7. The van der Waals surface area contributed by atoms with Gasteiger partial charge in [-0.3, -0.25) is 4.79 Å². The summed E-state index contributed by atoms with van der Waals surface area (Å²) in [5, 5.41) is 31.2. The first-order valence-electron chi connectivity index (χ1n) is 13.8. The fraction of sp³-hybridized carbons (Fsp3) is 0.857. The minimum Gasteiger partial charge on any atom is -0.545 e. The standard InChI is InChI=1S/3C8H16O4.C4H8O2.Al/c3*1-5(2)11-8(7(9)10)12-6(3)4;1-3-6-4(2)5;/h3*5-6,8H,1-4H3,(H,9,10);3H2,1-2H3;/q;;;;+3/p-3. The average Bonchev–Trinajstić information content (AvgIpc) is 2.77. The van der Waals surface area contributed by atoms with Crippen LogP contribution in [0.4, 0.5) is 0 Å². The molecule has 0 aliphatic rings. The number of carbonyl (C=O) groups is 4. The molecular formula is C28H53AlO14. The summed E-state index contributed by atoms with van der Waals surface area (Å²) in [5.41, 5.74) is 0. The molecule has 0 saturated carbocycles. The molecule has 15 heteroatoms. The van der Waals surface area contributed by atoms with Crippen molar-refractivity contribution in [2.45, 2.75) is 152 Å². The number of carboxylic acid groups (broad SMARTS) is 3. The van der Waals surface area contributed by atoms with Crippen LogP contribution in [0.5, 0.6) is 0 Å². The quantitative estimate of drug-likeness (QED) is 0.123. The van der Waals surface area contributed by atoms with Crippen molar-refractivity contribution in [2.24, 2.45) is 0 Å². The van der Waals surface area contributed by atoms with E-state index in [2.05, 4.69) is 4.74 Å². The van der Waals surface area contributed by atoms with E-state index in [4.69, 9.17) is 28.4 Å². The topological polar surface area (TPSA) is 202 Å². The van der Waals surface area contributed by atoms with E-state index in [1.807, 2.05) is 0 Å². The van der Waals surface area contributed by atoms with Gasteiger partial charge in [0.1, 0.15) is 0 Å². The second-order valence-electron chi connectivity index (χ2n) is 9.99. The van der Waals surface area contributed by atoms with Crippen molar-refractivity contribution < 1.29 is 67.7 Å². The summed E-state index contributed by atoms with van der Waals surface area (Å²) in [6, 6.07) is 0. The summed E-state index contributed by atoms with van der Waals surface area (Å²) in [5.74, 6) is -4.22. The molecule has 252 valence electrons. The second kappa shape index (κ2) is 30.2. The van der Waals surface area contributed by atoms with Crippen molar-refractivity contribution in [1.82, 2.24) is 0 Å². The summed E-state index contributed by atoms with van der Waals surface area (Å²) in [6.45, 7) is 24.5. The number of hydrogen-bond acceptors (Lipinski definition) is 14. The molecule has 0 spiro atoms. The van der Waals surface area contributed by atoms with Crippen molar-refractivity contribution >= 4 is 41.2 Å². The van der Waals surface area contributed by atoms with Gasteiger partial charge in [-0.05, 0) is 90.0 Å². The summed E-state index contributed by atoms with van der Waals surface area (Å²) >= 11 is 0. The van der Waals surface area contributed by atoms with Crippen LogP contribution in [0.2, 0.25) is 0 Å². The van der Waals surface area contributed by atoms with Crippen LogP contribution in [0.3, 0.4) is 0 Å². The molecule has 0 aromatic rings. The number of hydrogen-bond donors (Lipinski definition) is 0. The minimum absolute atomic E-state index is 0. The van der Waals surface area contributed by atoms with Crippen molar-refractivity contribution in [3.05, 3.63) is 0 Å². The number of carboxylic acids is 3. The largest absolute Gasteiger partial charge is 3.00 e. The van der Waals surface area contributed by atoms with Crippen LogP contribution in [0.1, 0.15) is 96.9 Å². The zero-order valence-electron chi connectivity index (χ0n) is 28.2. The van der Waals surface area contributed by atoms with E-state index in [0.717, 1.165) is 0 Å². The van der Waals surface area contributed by atoms with Crippen molar-refractivity contribution in [2.75, 3.05) is 6.61 Å². The molecule has 0 aliphatic carbocycles. The van der Waals surface area contributed by atoms with Gasteiger partial charge < -0.3 is 62.9 Å². The van der Waals surface area contributed by atoms with Gasteiger partial charge in [0.05, 0.1) is 61.1 Å². The fourth-order valence-corrected chi connectivity index (χ4v) is 2.12. The predicted molar refractivity (Wildman–Crippen MR) is 152 cm³/mol. The number of rotatable bonds is 16. The van der Waals surface area contributed by atoms with Crippen LogP contribution in [0.25, 0.3) is 0 Å². The van der Waals surface area contributed by atoms with Crippen molar-refractivity contribution in [1.29, 1.82) is 0 Å². The molecule has 0 bridgehead atoms. The van der Waals surface area contributed by atoms with E-state index < -0.39 is 36.8 Å². The second-order valence-corrected chi connectivity index (χ2v) is 9.99. The van der Waals surface area contributed by atoms with Crippen molar-refractivity contribution in [3.8, 4) is 0 Å². The third-order valence-electron chi connectivity index (χ3n) is 3.30. The number of carbonyl (C=O) groups excluding carboxylic acids is 4. The third-order valence-corrected chi connectivity index (χ3v) is 3.30. The smallest absolute Gasteiger partial charge is 0.545 e. The van der Waals surface area contributed by atoms with E-state index >= 15 is 0 Å². The van der Waals surface area contributed by atoms with Crippen molar-refractivity contribution in [3.63, 3.8) is 0 Å². The molecule has 0 aliphatic heterocycles. The van der Waals surface area contributed by atoms with Gasteiger partial charge in [-0.1, -0.05) is 0 Å². The molecule has 0 amide bonds. The maximum absolute atomic E-state index is 10.4. The Hall–Kier alpha value is -1.83. The van der Waals surface area contributed by atoms with E-state index in [0.29, 0.717) is 6.61 Å². The first-order chi connectivity index (χ1) is 19.1. The first-order valence-corrected chi connectivity index (χ1v) is 13.8. The molecule has 0 N–H and O–H groups in total. The average molecular weight is 641 g/mol.